The SMILES string of the molecule is OC/C=C/c1ncc(I)s1. The highest BCUT2D eigenvalue weighted by atomic mass is 127. The Bertz CT molecular complexity index is 233. The fraction of sp³-hybridized carbons (Fsp3) is 0.167. The van der Waals surface area contributed by atoms with Gasteiger partial charge in [0.05, 0.1) is 15.7 Å². The smallest absolute Gasteiger partial charge is 0.116 e. The molecule has 1 aromatic heterocycles. The molecule has 10 heavy (non-hydrogen) atoms. The molecule has 1 aromatic rings. The Hall–Kier alpha value is 0.0600. The van der Waals surface area contributed by atoms with E-state index in [1.165, 1.54) is 0 Å². The molecule has 1 heterocycles. The van der Waals surface area contributed by atoms with E-state index in [1.807, 2.05) is 12.3 Å². The van der Waals surface area contributed by atoms with E-state index < -0.39 is 0 Å². The first-order chi connectivity index (χ1) is 4.83. The van der Waals surface area contributed by atoms with Gasteiger partial charge >= 0.3 is 0 Å². The molecule has 54 valence electrons. The molecule has 0 aliphatic rings. The maximum absolute atomic E-state index is 8.42. The summed E-state index contributed by atoms with van der Waals surface area (Å²) >= 11 is 3.82. The van der Waals surface area contributed by atoms with Crippen molar-refractivity contribution < 1.29 is 5.11 Å². The Morgan fingerprint density at radius 2 is 2.60 bits per heavy atom. The second-order valence-corrected chi connectivity index (χ2v) is 4.54. The molecule has 0 fully saturated rings. The normalized spacial score (nSPS) is 11.0. The van der Waals surface area contributed by atoms with Gasteiger partial charge in [0.25, 0.3) is 0 Å². The molecule has 1 N–H and O–H groups in total. The molecule has 0 aromatic carbocycles. The van der Waals surface area contributed by atoms with Crippen LogP contribution < -0.4 is 0 Å². The van der Waals surface area contributed by atoms with Crippen LogP contribution in [-0.4, -0.2) is 16.7 Å². The van der Waals surface area contributed by atoms with Crippen molar-refractivity contribution in [3.63, 3.8) is 0 Å². The molecule has 0 spiro atoms. The predicted octanol–water partition coefficient (Wildman–Crippen LogP) is 1.75. The highest BCUT2D eigenvalue weighted by Crippen LogP contribution is 2.15. The predicted molar refractivity (Wildman–Crippen MR) is 51.0 cm³/mol. The van der Waals surface area contributed by atoms with Crippen molar-refractivity contribution >= 4 is 40.0 Å². The van der Waals surface area contributed by atoms with Crippen LogP contribution in [0.15, 0.2) is 12.3 Å². The summed E-state index contributed by atoms with van der Waals surface area (Å²) in [7, 11) is 0. The molecule has 0 saturated heterocycles. The first-order valence-corrected chi connectivity index (χ1v) is 4.61. The summed E-state index contributed by atoms with van der Waals surface area (Å²) < 4.78 is 1.16. The van der Waals surface area contributed by atoms with Crippen molar-refractivity contribution in [1.82, 2.24) is 4.98 Å². The van der Waals surface area contributed by atoms with Crippen LogP contribution in [-0.2, 0) is 0 Å². The van der Waals surface area contributed by atoms with Crippen molar-refractivity contribution in [3.05, 3.63) is 20.2 Å². The summed E-state index contributed by atoms with van der Waals surface area (Å²) in [4.78, 5) is 4.07. The van der Waals surface area contributed by atoms with E-state index in [4.69, 9.17) is 5.11 Å². The molecule has 0 unspecified atom stereocenters. The summed E-state index contributed by atoms with van der Waals surface area (Å²) in [6.45, 7) is 0.0795. The van der Waals surface area contributed by atoms with E-state index in [1.54, 1.807) is 17.4 Å². The number of hydrogen-bond donors (Lipinski definition) is 1. The number of hydrogen-bond acceptors (Lipinski definition) is 3. The lowest BCUT2D eigenvalue weighted by Crippen LogP contribution is -1.70. The van der Waals surface area contributed by atoms with Gasteiger partial charge in [-0.25, -0.2) is 4.98 Å². The minimum absolute atomic E-state index is 0.0795. The Morgan fingerprint density at radius 1 is 1.80 bits per heavy atom. The molecular weight excluding hydrogens is 261 g/mol. The standard InChI is InChI=1S/C6H6INOS/c7-5-4-8-6(10-5)2-1-3-9/h1-2,4,9H,3H2/b2-1+. The molecule has 0 saturated carbocycles. The van der Waals surface area contributed by atoms with E-state index in [-0.39, 0.29) is 6.61 Å². The molecule has 0 aliphatic carbocycles. The summed E-state index contributed by atoms with van der Waals surface area (Å²) in [5.41, 5.74) is 0. The summed E-state index contributed by atoms with van der Waals surface area (Å²) in [6.07, 6.45) is 5.30. The zero-order valence-electron chi connectivity index (χ0n) is 5.12. The van der Waals surface area contributed by atoms with E-state index in [0.29, 0.717) is 0 Å². The van der Waals surface area contributed by atoms with Gasteiger partial charge in [-0.2, -0.15) is 0 Å². The third-order valence-electron chi connectivity index (χ3n) is 0.861. The monoisotopic (exact) mass is 267 g/mol. The third kappa shape index (κ3) is 2.36. The van der Waals surface area contributed by atoms with Gasteiger partial charge in [0.1, 0.15) is 5.01 Å². The molecule has 4 heteroatoms. The van der Waals surface area contributed by atoms with Crippen LogP contribution in [0.3, 0.4) is 0 Å². The van der Waals surface area contributed by atoms with Crippen molar-refractivity contribution in [1.29, 1.82) is 0 Å². The molecule has 0 amide bonds. The second kappa shape index (κ2) is 4.05. The minimum atomic E-state index is 0.0795. The van der Waals surface area contributed by atoms with Crippen molar-refractivity contribution in [2.75, 3.05) is 6.61 Å². The van der Waals surface area contributed by atoms with Crippen LogP contribution in [0.1, 0.15) is 5.01 Å². The third-order valence-corrected chi connectivity index (χ3v) is 2.55. The van der Waals surface area contributed by atoms with Gasteiger partial charge < -0.3 is 5.11 Å². The molecule has 0 bridgehead atoms. The van der Waals surface area contributed by atoms with Gasteiger partial charge in [0.15, 0.2) is 0 Å². The zero-order valence-corrected chi connectivity index (χ0v) is 8.09. The van der Waals surface area contributed by atoms with Crippen molar-refractivity contribution in [2.24, 2.45) is 0 Å². The number of thiazole rings is 1. The van der Waals surface area contributed by atoms with E-state index >= 15 is 0 Å². The first kappa shape index (κ1) is 8.16. The fourth-order valence-electron chi connectivity index (χ4n) is 0.498. The second-order valence-electron chi connectivity index (χ2n) is 1.59. The molecule has 1 rings (SSSR count). The number of rotatable bonds is 2. The van der Waals surface area contributed by atoms with Gasteiger partial charge in [0, 0.05) is 0 Å². The number of aliphatic hydroxyl groups is 1. The van der Waals surface area contributed by atoms with E-state index in [9.17, 15) is 0 Å². The molecule has 2 nitrogen and oxygen atoms in total. The molecular formula is C6H6INOS. The minimum Gasteiger partial charge on any atom is -0.392 e. The van der Waals surface area contributed by atoms with E-state index in [2.05, 4.69) is 27.6 Å². The quantitative estimate of drug-likeness (QED) is 0.828. The lowest BCUT2D eigenvalue weighted by atomic mass is 10.5. The van der Waals surface area contributed by atoms with Gasteiger partial charge in [-0.15, -0.1) is 11.3 Å². The van der Waals surface area contributed by atoms with Crippen LogP contribution in [0.2, 0.25) is 0 Å². The average Bonchev–Trinajstić information content (AvgIpc) is 2.31. The largest absolute Gasteiger partial charge is 0.392 e. The van der Waals surface area contributed by atoms with Crippen LogP contribution in [0.25, 0.3) is 6.08 Å². The number of halogens is 1. The number of aromatic nitrogens is 1. The Morgan fingerprint density at radius 3 is 3.10 bits per heavy atom. The van der Waals surface area contributed by atoms with Gasteiger partial charge in [-0.05, 0) is 28.7 Å². The van der Waals surface area contributed by atoms with Crippen molar-refractivity contribution in [3.8, 4) is 0 Å². The maximum atomic E-state index is 8.42. The van der Waals surface area contributed by atoms with E-state index in [0.717, 1.165) is 7.89 Å². The summed E-state index contributed by atoms with van der Waals surface area (Å²) in [5.74, 6) is 0. The topological polar surface area (TPSA) is 33.1 Å². The first-order valence-electron chi connectivity index (χ1n) is 2.71. The molecule has 0 atom stereocenters. The number of aliphatic hydroxyl groups excluding tert-OH is 1. The molecule has 0 radical (unpaired) electrons. The lowest BCUT2D eigenvalue weighted by Gasteiger charge is -1.78. The van der Waals surface area contributed by atoms with Gasteiger partial charge in [-0.1, -0.05) is 6.08 Å². The Labute approximate surface area is 76.8 Å². The Kier molecular flexibility index (Phi) is 3.30. The van der Waals surface area contributed by atoms with Crippen LogP contribution >= 0.6 is 33.9 Å². The number of nitrogens with zero attached hydrogens (tertiary/aromatic N) is 1. The van der Waals surface area contributed by atoms with Crippen LogP contribution in [0.5, 0.6) is 0 Å². The highest BCUT2D eigenvalue weighted by molar-refractivity contribution is 14.1. The zero-order chi connectivity index (χ0) is 7.40. The van der Waals surface area contributed by atoms with Crippen LogP contribution in [0, 0.1) is 2.88 Å². The fourth-order valence-corrected chi connectivity index (χ4v) is 1.89. The average molecular weight is 267 g/mol. The summed E-state index contributed by atoms with van der Waals surface area (Å²) in [6, 6.07) is 0. The van der Waals surface area contributed by atoms with Gasteiger partial charge in [0.2, 0.25) is 0 Å². The van der Waals surface area contributed by atoms with Gasteiger partial charge in [-0.3, -0.25) is 0 Å². The Balaban J connectivity index is 2.67. The summed E-state index contributed by atoms with van der Waals surface area (Å²) in [5, 5.41) is 9.37. The lowest BCUT2D eigenvalue weighted by molar-refractivity contribution is 0.343. The van der Waals surface area contributed by atoms with Crippen LogP contribution in [0.4, 0.5) is 0 Å². The van der Waals surface area contributed by atoms with Crippen molar-refractivity contribution in [2.45, 2.75) is 0 Å². The maximum Gasteiger partial charge on any atom is 0.116 e. The molecule has 0 aliphatic heterocycles. The highest BCUT2D eigenvalue weighted by Gasteiger charge is 1.92.